The topological polar surface area (TPSA) is 12.9 Å². The summed E-state index contributed by atoms with van der Waals surface area (Å²) in [7, 11) is 0. The van der Waals surface area contributed by atoms with Crippen molar-refractivity contribution in [2.45, 2.75) is 60.3 Å². The Morgan fingerprint density at radius 3 is 2.39 bits per heavy atom. The highest BCUT2D eigenvalue weighted by Crippen LogP contribution is 2.48. The van der Waals surface area contributed by atoms with E-state index in [1.807, 2.05) is 28.9 Å². The highest BCUT2D eigenvalue weighted by atomic mass is 32.1. The van der Waals surface area contributed by atoms with E-state index in [2.05, 4.69) is 109 Å². The summed E-state index contributed by atoms with van der Waals surface area (Å²) in [5.74, 6) is 0.648. The van der Waals surface area contributed by atoms with E-state index in [0.717, 1.165) is 12.1 Å². The van der Waals surface area contributed by atoms with Gasteiger partial charge in [-0.2, -0.15) is 0 Å². The van der Waals surface area contributed by atoms with Gasteiger partial charge in [-0.25, -0.2) is 0 Å². The molecule has 0 amide bonds. The van der Waals surface area contributed by atoms with Gasteiger partial charge in [-0.15, -0.1) is 22.7 Å². The van der Waals surface area contributed by atoms with E-state index < -0.39 is 0 Å². The Kier molecular flexibility index (Phi) is 6.20. The molecule has 0 saturated heterocycles. The number of aryl methyl sites for hydroxylation is 2. The molecule has 3 heterocycles. The van der Waals surface area contributed by atoms with Gasteiger partial charge in [-0.3, -0.25) is 4.98 Å². The van der Waals surface area contributed by atoms with Gasteiger partial charge in [-0.1, -0.05) is 65.0 Å². The number of aromatic nitrogens is 1. The fraction of sp³-hybridized carbons (Fsp3) is 0.286. The van der Waals surface area contributed by atoms with Gasteiger partial charge in [-0.05, 0) is 94.8 Å². The summed E-state index contributed by atoms with van der Waals surface area (Å²) < 4.78 is 2.66. The second-order valence-electron chi connectivity index (χ2n) is 12.0. The van der Waals surface area contributed by atoms with Crippen molar-refractivity contribution in [3.8, 4) is 21.7 Å². The van der Waals surface area contributed by atoms with Crippen LogP contribution in [0.5, 0.6) is 0 Å². The van der Waals surface area contributed by atoms with Crippen LogP contribution in [0.4, 0.5) is 0 Å². The van der Waals surface area contributed by atoms with Gasteiger partial charge in [0.15, 0.2) is 0 Å². The molecule has 0 radical (unpaired) electrons. The van der Waals surface area contributed by atoms with Crippen LogP contribution in [0.3, 0.4) is 0 Å². The summed E-state index contributed by atoms with van der Waals surface area (Å²) in [6.45, 7) is 16.1. The maximum atomic E-state index is 4.99. The van der Waals surface area contributed by atoms with Gasteiger partial charge in [0.2, 0.25) is 0 Å². The van der Waals surface area contributed by atoms with Crippen LogP contribution in [0.25, 0.3) is 52.6 Å². The minimum absolute atomic E-state index is 0.0421. The SMILES string of the molecule is Cc1sc2ccc(CC(C)C)cc2c1-c1sc2c(-c3cc(C(C)(C)C)c4ccccc4c3)nccc2c1C. The van der Waals surface area contributed by atoms with Gasteiger partial charge in [0, 0.05) is 37.2 Å². The van der Waals surface area contributed by atoms with E-state index in [-0.39, 0.29) is 5.41 Å². The number of benzene rings is 3. The van der Waals surface area contributed by atoms with Crippen molar-refractivity contribution < 1.29 is 0 Å². The Morgan fingerprint density at radius 1 is 0.842 bits per heavy atom. The van der Waals surface area contributed by atoms with Crippen molar-refractivity contribution in [3.63, 3.8) is 0 Å². The van der Waals surface area contributed by atoms with Crippen molar-refractivity contribution in [2.24, 2.45) is 5.92 Å². The Bertz CT molecular complexity index is 1820. The van der Waals surface area contributed by atoms with Gasteiger partial charge in [0.1, 0.15) is 0 Å². The highest BCUT2D eigenvalue weighted by molar-refractivity contribution is 7.24. The Balaban J connectivity index is 1.59. The van der Waals surface area contributed by atoms with Gasteiger partial charge in [0.25, 0.3) is 0 Å². The predicted octanol–water partition coefficient (Wildman–Crippen LogP) is 11.1. The molecule has 0 unspecified atom stereocenters. The van der Waals surface area contributed by atoms with Crippen LogP contribution in [0.15, 0.2) is 66.9 Å². The maximum absolute atomic E-state index is 4.99. The zero-order valence-electron chi connectivity index (χ0n) is 23.4. The van der Waals surface area contributed by atoms with Crippen LogP contribution in [0, 0.1) is 19.8 Å². The zero-order valence-corrected chi connectivity index (χ0v) is 25.0. The normalized spacial score (nSPS) is 12.4. The first-order chi connectivity index (χ1) is 18.1. The van der Waals surface area contributed by atoms with E-state index in [1.165, 1.54) is 68.5 Å². The molecule has 3 heteroatoms. The summed E-state index contributed by atoms with van der Waals surface area (Å²) in [5, 5.41) is 5.32. The lowest BCUT2D eigenvalue weighted by atomic mass is 9.82. The van der Waals surface area contributed by atoms with Crippen LogP contribution >= 0.6 is 22.7 Å². The molecule has 6 aromatic rings. The summed E-state index contributed by atoms with van der Waals surface area (Å²) in [5.41, 5.74) is 7.92. The molecule has 192 valence electrons. The fourth-order valence-electron chi connectivity index (χ4n) is 5.81. The second kappa shape index (κ2) is 9.32. The molecule has 0 atom stereocenters. The Hall–Kier alpha value is -3.01. The third kappa shape index (κ3) is 4.26. The molecule has 0 N–H and O–H groups in total. The van der Waals surface area contributed by atoms with Gasteiger partial charge in [0.05, 0.1) is 10.4 Å². The average molecular weight is 534 g/mol. The first-order valence-electron chi connectivity index (χ1n) is 13.6. The summed E-state index contributed by atoms with van der Waals surface area (Å²) in [6.07, 6.45) is 3.11. The number of nitrogens with zero attached hydrogens (tertiary/aromatic N) is 1. The lowest BCUT2D eigenvalue weighted by molar-refractivity contribution is 0.596. The maximum Gasteiger partial charge on any atom is 0.0880 e. The van der Waals surface area contributed by atoms with Gasteiger partial charge < -0.3 is 0 Å². The van der Waals surface area contributed by atoms with Crippen LogP contribution < -0.4 is 0 Å². The molecule has 3 aromatic heterocycles. The summed E-state index contributed by atoms with van der Waals surface area (Å²) in [6, 6.07) is 22.7. The lowest BCUT2D eigenvalue weighted by Crippen LogP contribution is -2.12. The molecular formula is C35H35NS2. The number of hydrogen-bond donors (Lipinski definition) is 0. The van der Waals surface area contributed by atoms with Crippen LogP contribution in [0.1, 0.15) is 56.2 Å². The Morgan fingerprint density at radius 2 is 1.63 bits per heavy atom. The van der Waals surface area contributed by atoms with Gasteiger partial charge >= 0.3 is 0 Å². The minimum atomic E-state index is 0.0421. The van der Waals surface area contributed by atoms with E-state index >= 15 is 0 Å². The molecule has 38 heavy (non-hydrogen) atoms. The number of fused-ring (bicyclic) bond motifs is 3. The smallest absolute Gasteiger partial charge is 0.0880 e. The van der Waals surface area contributed by atoms with E-state index in [0.29, 0.717) is 5.92 Å². The largest absolute Gasteiger partial charge is 0.255 e. The van der Waals surface area contributed by atoms with Crippen LogP contribution in [-0.2, 0) is 11.8 Å². The Labute approximate surface area is 234 Å². The molecule has 6 rings (SSSR count). The molecule has 0 bridgehead atoms. The standard InChI is InChI=1S/C35H35NS2/c1-20(2)16-23-12-13-30-28(17-23)31(22(4)37-30)33-21(3)26-14-15-36-32(34(26)38-33)25-18-24-10-8-9-11-27(24)29(19-25)35(5,6)7/h8-15,17-20H,16H2,1-7H3. The first-order valence-corrected chi connectivity index (χ1v) is 15.2. The molecule has 0 spiro atoms. The van der Waals surface area contributed by atoms with Crippen LogP contribution in [-0.4, -0.2) is 4.98 Å². The quantitative estimate of drug-likeness (QED) is 0.220. The molecule has 0 aliphatic carbocycles. The second-order valence-corrected chi connectivity index (χ2v) is 14.3. The molecule has 0 aliphatic rings. The predicted molar refractivity (Wildman–Crippen MR) is 170 cm³/mol. The zero-order chi connectivity index (χ0) is 26.8. The summed E-state index contributed by atoms with van der Waals surface area (Å²) >= 11 is 3.83. The molecule has 0 aliphatic heterocycles. The lowest BCUT2D eigenvalue weighted by Gasteiger charge is -2.22. The van der Waals surface area contributed by atoms with Crippen molar-refractivity contribution in [2.75, 3.05) is 0 Å². The van der Waals surface area contributed by atoms with Crippen molar-refractivity contribution in [3.05, 3.63) is 88.4 Å². The molecule has 3 aromatic carbocycles. The van der Waals surface area contributed by atoms with Crippen molar-refractivity contribution in [1.82, 2.24) is 4.98 Å². The molecular weight excluding hydrogens is 499 g/mol. The molecule has 0 saturated carbocycles. The molecule has 0 fully saturated rings. The van der Waals surface area contributed by atoms with Crippen LogP contribution in [0.2, 0.25) is 0 Å². The van der Waals surface area contributed by atoms with Crippen molar-refractivity contribution in [1.29, 1.82) is 0 Å². The van der Waals surface area contributed by atoms with E-state index in [4.69, 9.17) is 4.98 Å². The summed E-state index contributed by atoms with van der Waals surface area (Å²) in [4.78, 5) is 7.77. The average Bonchev–Trinajstić information content (AvgIpc) is 3.37. The van der Waals surface area contributed by atoms with E-state index in [1.54, 1.807) is 0 Å². The fourth-order valence-corrected chi connectivity index (χ4v) is 8.35. The third-order valence-electron chi connectivity index (χ3n) is 7.60. The first kappa shape index (κ1) is 25.3. The number of rotatable bonds is 4. The van der Waals surface area contributed by atoms with E-state index in [9.17, 15) is 0 Å². The number of thiophene rings is 2. The monoisotopic (exact) mass is 533 g/mol. The number of pyridine rings is 1. The number of hydrogen-bond acceptors (Lipinski definition) is 3. The third-order valence-corrected chi connectivity index (χ3v) is 10.0. The highest BCUT2D eigenvalue weighted by Gasteiger charge is 2.22. The molecule has 1 nitrogen and oxygen atoms in total. The minimum Gasteiger partial charge on any atom is -0.255 e. The van der Waals surface area contributed by atoms with Crippen molar-refractivity contribution >= 4 is 53.6 Å².